The van der Waals surface area contributed by atoms with E-state index in [1.165, 1.54) is 18.2 Å². The summed E-state index contributed by atoms with van der Waals surface area (Å²) in [5.41, 5.74) is 0.0336. The lowest BCUT2D eigenvalue weighted by Crippen LogP contribution is -2.35. The van der Waals surface area contributed by atoms with E-state index < -0.39 is 17.7 Å². The molecule has 0 aliphatic carbocycles. The molecule has 1 aromatic carbocycles. The minimum atomic E-state index is -0.674. The summed E-state index contributed by atoms with van der Waals surface area (Å²) in [6.07, 6.45) is -0.629. The summed E-state index contributed by atoms with van der Waals surface area (Å²) in [7, 11) is 0. The van der Waals surface area contributed by atoms with Crippen molar-refractivity contribution in [3.05, 3.63) is 35.4 Å². The number of likely N-dealkylation sites (N-methyl/N-ethyl adjacent to an activating group) is 1. The van der Waals surface area contributed by atoms with Crippen molar-refractivity contribution in [2.75, 3.05) is 19.7 Å². The van der Waals surface area contributed by atoms with Crippen molar-refractivity contribution in [3.8, 4) is 0 Å². The molecule has 1 atom stereocenters. The van der Waals surface area contributed by atoms with Gasteiger partial charge in [-0.2, -0.15) is 0 Å². The van der Waals surface area contributed by atoms with E-state index in [4.69, 9.17) is 4.74 Å². The van der Waals surface area contributed by atoms with Gasteiger partial charge in [0, 0.05) is 18.7 Å². The molecule has 114 valence electrons. The van der Waals surface area contributed by atoms with Gasteiger partial charge in [-0.15, -0.1) is 0 Å². The molecule has 1 aromatic rings. The fourth-order valence-electron chi connectivity index (χ4n) is 1.87. The lowest BCUT2D eigenvalue weighted by molar-refractivity contribution is -0.00907. The zero-order chi connectivity index (χ0) is 15.1. The van der Waals surface area contributed by atoms with Gasteiger partial charge in [-0.1, -0.05) is 13.0 Å². The van der Waals surface area contributed by atoms with E-state index in [2.05, 4.69) is 0 Å². The molecule has 1 rings (SSSR count). The van der Waals surface area contributed by atoms with E-state index in [1.54, 1.807) is 4.90 Å². The number of hydrogen-bond acceptors (Lipinski definition) is 3. The van der Waals surface area contributed by atoms with Crippen molar-refractivity contribution in [1.82, 2.24) is 4.90 Å². The quantitative estimate of drug-likeness (QED) is 0.797. The highest BCUT2D eigenvalue weighted by Crippen LogP contribution is 2.14. The number of aliphatic hydroxyl groups is 1. The van der Waals surface area contributed by atoms with E-state index in [0.29, 0.717) is 13.1 Å². The molecule has 0 fully saturated rings. The van der Waals surface area contributed by atoms with Crippen molar-refractivity contribution in [2.45, 2.75) is 39.5 Å². The average molecular weight is 287 g/mol. The zero-order valence-electron chi connectivity index (χ0n) is 12.3. The summed E-state index contributed by atoms with van der Waals surface area (Å²) >= 11 is 0. The lowest BCUT2D eigenvalue weighted by Gasteiger charge is -2.24. The van der Waals surface area contributed by atoms with Crippen molar-refractivity contribution in [2.24, 2.45) is 0 Å². The maximum Gasteiger partial charge on any atom is 0.130 e. The molecule has 20 heavy (non-hydrogen) atoms. The summed E-state index contributed by atoms with van der Waals surface area (Å²) in [6.45, 7) is 6.91. The van der Waals surface area contributed by atoms with E-state index in [0.717, 1.165) is 0 Å². The van der Waals surface area contributed by atoms with Crippen LogP contribution in [0, 0.1) is 11.6 Å². The zero-order valence-corrected chi connectivity index (χ0v) is 12.3. The first kappa shape index (κ1) is 17.0. The fourth-order valence-corrected chi connectivity index (χ4v) is 1.87. The second-order valence-corrected chi connectivity index (χ2v) is 5.06. The van der Waals surface area contributed by atoms with Crippen LogP contribution in [0.15, 0.2) is 18.2 Å². The van der Waals surface area contributed by atoms with Crippen LogP contribution in [0.2, 0.25) is 0 Å². The van der Waals surface area contributed by atoms with Crippen molar-refractivity contribution >= 4 is 0 Å². The molecule has 0 saturated heterocycles. The first-order chi connectivity index (χ1) is 9.43. The van der Waals surface area contributed by atoms with Crippen LogP contribution < -0.4 is 0 Å². The Balaban J connectivity index is 2.59. The van der Waals surface area contributed by atoms with Gasteiger partial charge in [-0.05, 0) is 32.5 Å². The summed E-state index contributed by atoms with van der Waals surface area (Å²) in [5, 5.41) is 9.86. The smallest absolute Gasteiger partial charge is 0.130 e. The van der Waals surface area contributed by atoms with Crippen LogP contribution in [0.1, 0.15) is 26.3 Å². The van der Waals surface area contributed by atoms with Crippen molar-refractivity contribution in [3.63, 3.8) is 0 Å². The van der Waals surface area contributed by atoms with Gasteiger partial charge in [-0.25, -0.2) is 8.78 Å². The van der Waals surface area contributed by atoms with Gasteiger partial charge >= 0.3 is 0 Å². The fraction of sp³-hybridized carbons (Fsp3) is 0.600. The Bertz CT molecular complexity index is 393. The van der Waals surface area contributed by atoms with Crippen molar-refractivity contribution in [1.29, 1.82) is 0 Å². The molecule has 1 unspecified atom stereocenters. The Morgan fingerprint density at radius 1 is 1.25 bits per heavy atom. The Kier molecular flexibility index (Phi) is 7.05. The Morgan fingerprint density at radius 3 is 2.35 bits per heavy atom. The molecule has 0 heterocycles. The van der Waals surface area contributed by atoms with Crippen LogP contribution in [0.25, 0.3) is 0 Å². The normalized spacial score (nSPS) is 13.2. The second kappa shape index (κ2) is 8.29. The van der Waals surface area contributed by atoms with Crippen LogP contribution >= 0.6 is 0 Å². The molecule has 0 aliphatic rings. The molecule has 0 spiro atoms. The Labute approximate surface area is 119 Å². The van der Waals surface area contributed by atoms with Crippen LogP contribution in [0.4, 0.5) is 8.78 Å². The predicted octanol–water partition coefficient (Wildman–Crippen LogP) is 2.57. The third-order valence-corrected chi connectivity index (χ3v) is 2.98. The molecule has 0 saturated carbocycles. The maximum absolute atomic E-state index is 13.6. The van der Waals surface area contributed by atoms with Gasteiger partial charge in [0.25, 0.3) is 0 Å². The molecule has 5 heteroatoms. The Morgan fingerprint density at radius 2 is 1.85 bits per heavy atom. The number of hydrogen-bond donors (Lipinski definition) is 1. The van der Waals surface area contributed by atoms with Gasteiger partial charge in [0.05, 0.1) is 18.8 Å². The molecule has 0 amide bonds. The van der Waals surface area contributed by atoms with Crippen LogP contribution in [0.5, 0.6) is 0 Å². The van der Waals surface area contributed by atoms with Crippen LogP contribution in [-0.2, 0) is 11.3 Å². The standard InChI is InChI=1S/C15H23F2NO2/c1-4-18(8-12(19)10-20-11(2)3)9-13-14(16)6-5-7-15(13)17/h5-7,11-12,19H,4,8-10H2,1-3H3. The molecule has 0 bridgehead atoms. The summed E-state index contributed by atoms with van der Waals surface area (Å²) in [6, 6.07) is 3.82. The second-order valence-electron chi connectivity index (χ2n) is 5.06. The van der Waals surface area contributed by atoms with Gasteiger partial charge in [0.15, 0.2) is 0 Å². The highest BCUT2D eigenvalue weighted by Gasteiger charge is 2.16. The number of halogens is 2. The minimum Gasteiger partial charge on any atom is -0.389 e. The highest BCUT2D eigenvalue weighted by atomic mass is 19.1. The van der Waals surface area contributed by atoms with Crippen LogP contribution in [-0.4, -0.2) is 41.9 Å². The summed E-state index contributed by atoms with van der Waals surface area (Å²) in [5.74, 6) is -1.12. The molecule has 1 N–H and O–H groups in total. The number of aliphatic hydroxyl groups excluding tert-OH is 1. The van der Waals surface area contributed by atoms with Gasteiger partial charge in [-0.3, -0.25) is 4.90 Å². The molecule has 0 aliphatic heterocycles. The van der Waals surface area contributed by atoms with Crippen LogP contribution in [0.3, 0.4) is 0 Å². The molecular weight excluding hydrogens is 264 g/mol. The maximum atomic E-state index is 13.6. The molecule has 3 nitrogen and oxygen atoms in total. The molecule has 0 radical (unpaired) electrons. The highest BCUT2D eigenvalue weighted by molar-refractivity contribution is 5.19. The third-order valence-electron chi connectivity index (χ3n) is 2.98. The van der Waals surface area contributed by atoms with Gasteiger partial charge < -0.3 is 9.84 Å². The molecular formula is C15H23F2NO2. The predicted molar refractivity (Wildman–Crippen MR) is 74.4 cm³/mol. The number of rotatable bonds is 8. The van der Waals surface area contributed by atoms with Crippen molar-refractivity contribution < 1.29 is 18.6 Å². The Hall–Kier alpha value is -1.04. The van der Waals surface area contributed by atoms with E-state index in [-0.39, 0.29) is 24.8 Å². The minimum absolute atomic E-state index is 0.0336. The number of nitrogens with zero attached hydrogens (tertiary/aromatic N) is 1. The third kappa shape index (κ3) is 5.53. The average Bonchev–Trinajstić information content (AvgIpc) is 2.39. The molecule has 0 aromatic heterocycles. The topological polar surface area (TPSA) is 32.7 Å². The largest absolute Gasteiger partial charge is 0.389 e. The summed E-state index contributed by atoms with van der Waals surface area (Å²) in [4.78, 5) is 1.79. The number of ether oxygens (including phenoxy) is 1. The van der Waals surface area contributed by atoms with E-state index in [1.807, 2.05) is 20.8 Å². The monoisotopic (exact) mass is 287 g/mol. The first-order valence-corrected chi connectivity index (χ1v) is 6.89. The van der Waals surface area contributed by atoms with Gasteiger partial charge in [0.2, 0.25) is 0 Å². The lowest BCUT2D eigenvalue weighted by atomic mass is 10.1. The van der Waals surface area contributed by atoms with E-state index >= 15 is 0 Å². The first-order valence-electron chi connectivity index (χ1n) is 6.89. The number of benzene rings is 1. The SMILES string of the molecule is CCN(Cc1c(F)cccc1F)CC(O)COC(C)C. The summed E-state index contributed by atoms with van der Waals surface area (Å²) < 4.78 is 32.5. The van der Waals surface area contributed by atoms with Gasteiger partial charge in [0.1, 0.15) is 11.6 Å². The van der Waals surface area contributed by atoms with E-state index in [9.17, 15) is 13.9 Å².